The molecule has 1 aliphatic heterocycles. The zero-order valence-electron chi connectivity index (χ0n) is 13.7. The van der Waals surface area contributed by atoms with Crippen molar-refractivity contribution in [3.05, 3.63) is 24.7 Å². The minimum Gasteiger partial charge on any atom is -0.494 e. The average Bonchev–Trinajstić information content (AvgIpc) is 2.62. The molecule has 122 valence electrons. The van der Waals surface area contributed by atoms with Crippen LogP contribution in [0.4, 0.5) is 17.7 Å². The molecule has 0 aromatic carbocycles. The van der Waals surface area contributed by atoms with Gasteiger partial charge < -0.3 is 19.4 Å². The molecule has 0 spiro atoms. The maximum absolute atomic E-state index is 5.09. The normalized spacial score (nSPS) is 14.7. The first-order valence-electron chi connectivity index (χ1n) is 7.53. The van der Waals surface area contributed by atoms with Gasteiger partial charge in [-0.1, -0.05) is 0 Å². The summed E-state index contributed by atoms with van der Waals surface area (Å²) in [7, 11) is 5.56. The molecular formula is C15H21N7O. The van der Waals surface area contributed by atoms with E-state index < -0.39 is 0 Å². The monoisotopic (exact) mass is 315 g/mol. The second kappa shape index (κ2) is 6.64. The highest BCUT2D eigenvalue weighted by Crippen LogP contribution is 2.17. The maximum Gasteiger partial charge on any atom is 0.227 e. The lowest BCUT2D eigenvalue weighted by molar-refractivity contribution is 0.410. The topological polar surface area (TPSA) is 70.5 Å². The molecule has 23 heavy (non-hydrogen) atoms. The summed E-state index contributed by atoms with van der Waals surface area (Å²) >= 11 is 0. The van der Waals surface area contributed by atoms with Crippen LogP contribution in [-0.4, -0.2) is 67.3 Å². The second-order valence-corrected chi connectivity index (χ2v) is 5.51. The van der Waals surface area contributed by atoms with E-state index in [9.17, 15) is 0 Å². The number of rotatable bonds is 4. The van der Waals surface area contributed by atoms with Gasteiger partial charge in [0.15, 0.2) is 5.75 Å². The largest absolute Gasteiger partial charge is 0.494 e. The molecule has 8 heteroatoms. The lowest BCUT2D eigenvalue weighted by Gasteiger charge is -2.34. The Bertz CT molecular complexity index is 639. The van der Waals surface area contributed by atoms with Gasteiger partial charge in [0, 0.05) is 46.5 Å². The minimum atomic E-state index is 0.668. The highest BCUT2D eigenvalue weighted by molar-refractivity contribution is 5.44. The van der Waals surface area contributed by atoms with Crippen LogP contribution in [0.1, 0.15) is 0 Å². The molecule has 0 bridgehead atoms. The van der Waals surface area contributed by atoms with Gasteiger partial charge in [0.05, 0.1) is 19.5 Å². The number of aromatic nitrogens is 4. The van der Waals surface area contributed by atoms with E-state index in [0.717, 1.165) is 43.9 Å². The van der Waals surface area contributed by atoms with Gasteiger partial charge in [-0.25, -0.2) is 15.0 Å². The van der Waals surface area contributed by atoms with Gasteiger partial charge in [-0.3, -0.25) is 0 Å². The zero-order valence-corrected chi connectivity index (χ0v) is 13.7. The fraction of sp³-hybridized carbons (Fsp3) is 0.467. The van der Waals surface area contributed by atoms with Crippen LogP contribution in [0, 0.1) is 0 Å². The highest BCUT2D eigenvalue weighted by atomic mass is 16.5. The van der Waals surface area contributed by atoms with Crippen LogP contribution in [-0.2, 0) is 0 Å². The summed E-state index contributed by atoms with van der Waals surface area (Å²) in [6.07, 6.45) is 5.19. The Morgan fingerprint density at radius 2 is 1.57 bits per heavy atom. The summed E-state index contributed by atoms with van der Waals surface area (Å²) in [6, 6.07) is 1.91. The number of methoxy groups -OCH3 is 1. The lowest BCUT2D eigenvalue weighted by Crippen LogP contribution is -2.47. The number of piperazine rings is 1. The summed E-state index contributed by atoms with van der Waals surface area (Å²) in [5, 5.41) is 0. The first kappa shape index (κ1) is 15.3. The molecule has 0 aliphatic carbocycles. The van der Waals surface area contributed by atoms with Crippen molar-refractivity contribution in [2.45, 2.75) is 0 Å². The summed E-state index contributed by atoms with van der Waals surface area (Å²) in [5.74, 6) is 3.08. The van der Waals surface area contributed by atoms with E-state index in [0.29, 0.717) is 5.75 Å². The highest BCUT2D eigenvalue weighted by Gasteiger charge is 2.21. The molecule has 3 heterocycles. The number of nitrogens with zero attached hydrogens (tertiary/aromatic N) is 7. The van der Waals surface area contributed by atoms with E-state index in [4.69, 9.17) is 4.74 Å². The summed E-state index contributed by atoms with van der Waals surface area (Å²) in [5.41, 5.74) is 0. The smallest absolute Gasteiger partial charge is 0.227 e. The molecule has 0 unspecified atom stereocenters. The van der Waals surface area contributed by atoms with Crippen molar-refractivity contribution in [2.75, 3.05) is 62.1 Å². The Hall–Kier alpha value is -2.64. The third kappa shape index (κ3) is 3.41. The molecule has 0 saturated carbocycles. The molecule has 1 fully saturated rings. The Balaban J connectivity index is 1.64. The molecule has 0 N–H and O–H groups in total. The van der Waals surface area contributed by atoms with E-state index in [2.05, 4.69) is 29.7 Å². The van der Waals surface area contributed by atoms with Gasteiger partial charge >= 0.3 is 0 Å². The van der Waals surface area contributed by atoms with Crippen molar-refractivity contribution in [1.82, 2.24) is 19.9 Å². The van der Waals surface area contributed by atoms with Crippen LogP contribution in [0.15, 0.2) is 24.7 Å². The molecule has 3 rings (SSSR count). The molecule has 8 nitrogen and oxygen atoms in total. The van der Waals surface area contributed by atoms with E-state index in [1.165, 1.54) is 0 Å². The van der Waals surface area contributed by atoms with Gasteiger partial charge in [0.1, 0.15) is 5.82 Å². The predicted octanol–water partition coefficient (Wildman–Crippen LogP) is 0.668. The van der Waals surface area contributed by atoms with Gasteiger partial charge in [0.2, 0.25) is 11.9 Å². The molecule has 2 aromatic rings. The molecule has 1 saturated heterocycles. The lowest BCUT2D eigenvalue weighted by atomic mass is 10.3. The summed E-state index contributed by atoms with van der Waals surface area (Å²) in [4.78, 5) is 24.0. The van der Waals surface area contributed by atoms with Crippen molar-refractivity contribution in [1.29, 1.82) is 0 Å². The molecule has 1 aliphatic rings. The Morgan fingerprint density at radius 3 is 2.13 bits per heavy atom. The standard InChI is InChI=1S/C15H21N7O/c1-20(2)13-4-5-16-15(19-13)22-8-6-21(7-9-22)14-17-10-12(23-3)11-18-14/h4-5,10-11H,6-9H2,1-3H3. The first-order valence-corrected chi connectivity index (χ1v) is 7.53. The molecule has 0 amide bonds. The average molecular weight is 315 g/mol. The van der Waals surface area contributed by atoms with Gasteiger partial charge in [-0.2, -0.15) is 4.98 Å². The zero-order chi connectivity index (χ0) is 16.2. The SMILES string of the molecule is COc1cnc(N2CCN(c3nccc(N(C)C)n3)CC2)nc1. The fourth-order valence-electron chi connectivity index (χ4n) is 2.43. The number of ether oxygens (including phenoxy) is 1. The Kier molecular flexibility index (Phi) is 4.40. The van der Waals surface area contributed by atoms with Crippen molar-refractivity contribution in [2.24, 2.45) is 0 Å². The Morgan fingerprint density at radius 1 is 0.957 bits per heavy atom. The van der Waals surface area contributed by atoms with Crippen LogP contribution in [0.25, 0.3) is 0 Å². The van der Waals surface area contributed by atoms with Gasteiger partial charge in [-0.05, 0) is 6.07 Å². The van der Waals surface area contributed by atoms with E-state index in [-0.39, 0.29) is 0 Å². The van der Waals surface area contributed by atoms with Crippen LogP contribution in [0.3, 0.4) is 0 Å². The first-order chi connectivity index (χ1) is 11.2. The quantitative estimate of drug-likeness (QED) is 0.815. The van der Waals surface area contributed by atoms with Crippen molar-refractivity contribution >= 4 is 17.7 Å². The van der Waals surface area contributed by atoms with E-state index in [1.54, 1.807) is 25.7 Å². The number of hydrogen-bond donors (Lipinski definition) is 0. The molecular weight excluding hydrogens is 294 g/mol. The second-order valence-electron chi connectivity index (χ2n) is 5.51. The molecule has 0 atom stereocenters. The minimum absolute atomic E-state index is 0.668. The van der Waals surface area contributed by atoms with Crippen LogP contribution >= 0.6 is 0 Å². The van der Waals surface area contributed by atoms with Crippen LogP contribution in [0.5, 0.6) is 5.75 Å². The van der Waals surface area contributed by atoms with Gasteiger partial charge in [-0.15, -0.1) is 0 Å². The fourth-order valence-corrected chi connectivity index (χ4v) is 2.43. The third-order valence-electron chi connectivity index (χ3n) is 3.78. The van der Waals surface area contributed by atoms with Crippen LogP contribution in [0.2, 0.25) is 0 Å². The summed E-state index contributed by atoms with van der Waals surface area (Å²) in [6.45, 7) is 3.35. The van der Waals surface area contributed by atoms with Crippen molar-refractivity contribution < 1.29 is 4.74 Å². The predicted molar refractivity (Wildman–Crippen MR) is 89.4 cm³/mol. The number of anilines is 3. The van der Waals surface area contributed by atoms with Gasteiger partial charge in [0.25, 0.3) is 0 Å². The molecule has 0 radical (unpaired) electrons. The Labute approximate surface area is 135 Å². The molecule has 2 aromatic heterocycles. The maximum atomic E-state index is 5.09. The van der Waals surface area contributed by atoms with Crippen molar-refractivity contribution in [3.8, 4) is 5.75 Å². The third-order valence-corrected chi connectivity index (χ3v) is 3.78. The van der Waals surface area contributed by atoms with E-state index >= 15 is 0 Å². The van der Waals surface area contributed by atoms with Crippen LogP contribution < -0.4 is 19.4 Å². The summed E-state index contributed by atoms with van der Waals surface area (Å²) < 4.78 is 5.09. The van der Waals surface area contributed by atoms with Crippen molar-refractivity contribution in [3.63, 3.8) is 0 Å². The van der Waals surface area contributed by atoms with E-state index in [1.807, 2.05) is 25.1 Å². The number of hydrogen-bond acceptors (Lipinski definition) is 8.